The number of aromatic nitrogens is 2. The Bertz CT molecular complexity index is 897. The lowest BCUT2D eigenvalue weighted by atomic mass is 10.1. The first-order chi connectivity index (χ1) is 12.7. The number of hydrogen-bond acceptors (Lipinski definition) is 3. The van der Waals surface area contributed by atoms with E-state index in [2.05, 4.69) is 39.5 Å². The molecule has 0 spiro atoms. The molecule has 0 aliphatic carbocycles. The number of hydrogen-bond donors (Lipinski definition) is 1. The highest BCUT2D eigenvalue weighted by molar-refractivity contribution is 5.95. The van der Waals surface area contributed by atoms with E-state index in [4.69, 9.17) is 0 Å². The van der Waals surface area contributed by atoms with Gasteiger partial charge in [0, 0.05) is 24.5 Å². The van der Waals surface area contributed by atoms with Gasteiger partial charge in [0.15, 0.2) is 0 Å². The molecule has 5 nitrogen and oxygen atoms in total. The smallest absolute Gasteiger partial charge is 0.251 e. The van der Waals surface area contributed by atoms with Crippen molar-refractivity contribution < 1.29 is 4.79 Å². The van der Waals surface area contributed by atoms with Crippen LogP contribution in [0.2, 0.25) is 0 Å². The number of amides is 1. The standard InChI is InChI=1S/C21H24N4O/c1-16-15-25-12-9-18(13-20(25)23-16)21(26)22-14-19(24-10-5-6-11-24)17-7-3-2-4-8-17/h2-4,7-9,12-13,15,19H,5-6,10-11,14H2,1H3,(H,22,26). The number of pyridine rings is 1. The summed E-state index contributed by atoms with van der Waals surface area (Å²) < 4.78 is 1.93. The third-order valence-electron chi connectivity index (χ3n) is 5.06. The van der Waals surface area contributed by atoms with Gasteiger partial charge in [0.1, 0.15) is 5.65 Å². The number of imidazole rings is 1. The summed E-state index contributed by atoms with van der Waals surface area (Å²) in [5, 5.41) is 3.13. The molecule has 1 aliphatic rings. The summed E-state index contributed by atoms with van der Waals surface area (Å²) in [7, 11) is 0. The molecule has 4 rings (SSSR count). The summed E-state index contributed by atoms with van der Waals surface area (Å²) in [6, 6.07) is 14.4. The Morgan fingerprint density at radius 1 is 1.19 bits per heavy atom. The van der Waals surface area contributed by atoms with E-state index < -0.39 is 0 Å². The van der Waals surface area contributed by atoms with Gasteiger partial charge in [-0.05, 0) is 50.6 Å². The molecule has 0 bridgehead atoms. The van der Waals surface area contributed by atoms with E-state index in [0.29, 0.717) is 12.1 Å². The summed E-state index contributed by atoms with van der Waals surface area (Å²) in [6.07, 6.45) is 6.30. The molecule has 1 aromatic carbocycles. The average Bonchev–Trinajstić information content (AvgIpc) is 3.30. The first kappa shape index (κ1) is 16.8. The van der Waals surface area contributed by atoms with Gasteiger partial charge in [0.2, 0.25) is 0 Å². The topological polar surface area (TPSA) is 49.6 Å². The van der Waals surface area contributed by atoms with Gasteiger partial charge in [-0.15, -0.1) is 0 Å². The molecule has 1 aliphatic heterocycles. The molecule has 5 heteroatoms. The summed E-state index contributed by atoms with van der Waals surface area (Å²) >= 11 is 0. The van der Waals surface area contributed by atoms with Gasteiger partial charge in [-0.2, -0.15) is 0 Å². The predicted octanol–water partition coefficient (Wildman–Crippen LogP) is 3.21. The van der Waals surface area contributed by atoms with E-state index in [9.17, 15) is 4.79 Å². The minimum Gasteiger partial charge on any atom is -0.350 e. The molecule has 0 radical (unpaired) electrons. The van der Waals surface area contributed by atoms with Gasteiger partial charge < -0.3 is 9.72 Å². The Labute approximate surface area is 153 Å². The SMILES string of the molecule is Cc1cn2ccc(C(=O)NCC(c3ccccc3)N3CCCC3)cc2n1. The van der Waals surface area contributed by atoms with Crippen LogP contribution in [0.1, 0.15) is 40.5 Å². The van der Waals surface area contributed by atoms with Crippen molar-refractivity contribution in [1.82, 2.24) is 19.6 Å². The van der Waals surface area contributed by atoms with E-state index in [1.807, 2.05) is 41.9 Å². The lowest BCUT2D eigenvalue weighted by Gasteiger charge is -2.28. The zero-order valence-corrected chi connectivity index (χ0v) is 15.1. The summed E-state index contributed by atoms with van der Waals surface area (Å²) in [4.78, 5) is 19.6. The fourth-order valence-corrected chi connectivity index (χ4v) is 3.73. The molecule has 134 valence electrons. The quantitative estimate of drug-likeness (QED) is 0.770. The molecule has 26 heavy (non-hydrogen) atoms. The van der Waals surface area contributed by atoms with Crippen LogP contribution in [0, 0.1) is 6.92 Å². The van der Waals surface area contributed by atoms with Crippen LogP contribution in [0.4, 0.5) is 0 Å². The molecule has 3 aromatic rings. The highest BCUT2D eigenvalue weighted by atomic mass is 16.1. The number of fused-ring (bicyclic) bond motifs is 1. The molecule has 1 unspecified atom stereocenters. The van der Waals surface area contributed by atoms with Gasteiger partial charge in [-0.25, -0.2) is 4.98 Å². The van der Waals surface area contributed by atoms with E-state index in [0.717, 1.165) is 24.4 Å². The number of carbonyl (C=O) groups excluding carboxylic acids is 1. The first-order valence-corrected chi connectivity index (χ1v) is 9.23. The van der Waals surface area contributed by atoms with Crippen LogP contribution >= 0.6 is 0 Å². The molecule has 1 fully saturated rings. The van der Waals surface area contributed by atoms with Gasteiger partial charge >= 0.3 is 0 Å². The lowest BCUT2D eigenvalue weighted by Crippen LogP contribution is -2.36. The third-order valence-corrected chi connectivity index (χ3v) is 5.06. The Morgan fingerprint density at radius 2 is 1.96 bits per heavy atom. The van der Waals surface area contributed by atoms with Crippen LogP contribution in [0.3, 0.4) is 0 Å². The van der Waals surface area contributed by atoms with Gasteiger partial charge in [0.25, 0.3) is 5.91 Å². The highest BCUT2D eigenvalue weighted by Crippen LogP contribution is 2.24. The summed E-state index contributed by atoms with van der Waals surface area (Å²) in [5.74, 6) is -0.0479. The molecule has 2 aromatic heterocycles. The molecular weight excluding hydrogens is 324 g/mol. The third kappa shape index (κ3) is 3.48. The molecule has 0 saturated carbocycles. The molecule has 1 atom stereocenters. The van der Waals surface area contributed by atoms with Crippen molar-refractivity contribution in [3.05, 3.63) is 71.7 Å². The van der Waals surface area contributed by atoms with E-state index in [-0.39, 0.29) is 11.9 Å². The van der Waals surface area contributed by atoms with Crippen molar-refractivity contribution in [2.24, 2.45) is 0 Å². The minimum absolute atomic E-state index is 0.0479. The van der Waals surface area contributed by atoms with Crippen molar-refractivity contribution in [1.29, 1.82) is 0 Å². The highest BCUT2D eigenvalue weighted by Gasteiger charge is 2.24. The van der Waals surface area contributed by atoms with Crippen LogP contribution in [-0.4, -0.2) is 39.8 Å². The number of likely N-dealkylation sites (tertiary alicyclic amines) is 1. The van der Waals surface area contributed by atoms with Crippen molar-refractivity contribution in [2.45, 2.75) is 25.8 Å². The normalized spacial score (nSPS) is 16.0. The van der Waals surface area contributed by atoms with Gasteiger partial charge in [-0.1, -0.05) is 30.3 Å². The predicted molar refractivity (Wildman–Crippen MR) is 102 cm³/mol. The number of nitrogens with zero attached hydrogens (tertiary/aromatic N) is 3. The number of aryl methyl sites for hydroxylation is 1. The lowest BCUT2D eigenvalue weighted by molar-refractivity contribution is 0.0938. The molecular formula is C21H24N4O. The Hall–Kier alpha value is -2.66. The number of carbonyl (C=O) groups is 1. The first-order valence-electron chi connectivity index (χ1n) is 9.23. The molecule has 3 heterocycles. The molecule has 1 saturated heterocycles. The number of benzene rings is 1. The molecule has 1 amide bonds. The minimum atomic E-state index is -0.0479. The Balaban J connectivity index is 1.49. The Morgan fingerprint density at radius 3 is 2.73 bits per heavy atom. The van der Waals surface area contributed by atoms with Crippen molar-refractivity contribution in [2.75, 3.05) is 19.6 Å². The fourth-order valence-electron chi connectivity index (χ4n) is 3.73. The Kier molecular flexibility index (Phi) is 4.71. The van der Waals surface area contributed by atoms with Crippen molar-refractivity contribution >= 4 is 11.6 Å². The summed E-state index contributed by atoms with van der Waals surface area (Å²) in [5.41, 5.74) is 3.65. The van der Waals surface area contributed by atoms with E-state index in [1.165, 1.54) is 18.4 Å². The second-order valence-electron chi connectivity index (χ2n) is 6.94. The second kappa shape index (κ2) is 7.30. The zero-order chi connectivity index (χ0) is 17.9. The zero-order valence-electron chi connectivity index (χ0n) is 15.1. The van der Waals surface area contributed by atoms with E-state index >= 15 is 0 Å². The van der Waals surface area contributed by atoms with E-state index in [1.54, 1.807) is 0 Å². The largest absolute Gasteiger partial charge is 0.350 e. The maximum absolute atomic E-state index is 12.7. The maximum Gasteiger partial charge on any atom is 0.251 e. The van der Waals surface area contributed by atoms with Crippen LogP contribution in [0.5, 0.6) is 0 Å². The maximum atomic E-state index is 12.7. The van der Waals surface area contributed by atoms with Crippen LogP contribution < -0.4 is 5.32 Å². The monoisotopic (exact) mass is 348 g/mol. The van der Waals surface area contributed by atoms with Crippen molar-refractivity contribution in [3.8, 4) is 0 Å². The van der Waals surface area contributed by atoms with Gasteiger partial charge in [-0.3, -0.25) is 9.69 Å². The number of nitrogens with one attached hydrogen (secondary N) is 1. The van der Waals surface area contributed by atoms with Crippen LogP contribution in [-0.2, 0) is 0 Å². The number of rotatable bonds is 5. The van der Waals surface area contributed by atoms with Gasteiger partial charge in [0.05, 0.1) is 11.7 Å². The second-order valence-corrected chi connectivity index (χ2v) is 6.94. The van der Waals surface area contributed by atoms with Crippen LogP contribution in [0.25, 0.3) is 5.65 Å². The van der Waals surface area contributed by atoms with Crippen LogP contribution in [0.15, 0.2) is 54.9 Å². The average molecular weight is 348 g/mol. The molecule has 1 N–H and O–H groups in total. The van der Waals surface area contributed by atoms with Crippen molar-refractivity contribution in [3.63, 3.8) is 0 Å². The fraction of sp³-hybridized carbons (Fsp3) is 0.333. The summed E-state index contributed by atoms with van der Waals surface area (Å²) in [6.45, 7) is 4.75.